The molecule has 0 nitrogen and oxygen atoms in total. The second-order valence-corrected chi connectivity index (χ2v) is 7.09. The summed E-state index contributed by atoms with van der Waals surface area (Å²) in [5, 5.41) is 0. The van der Waals surface area contributed by atoms with Gasteiger partial charge < -0.3 is 0 Å². The molecule has 0 spiro atoms. The number of hydrogen-bond acceptors (Lipinski definition) is 0. The molecule has 0 aliphatic heterocycles. The van der Waals surface area contributed by atoms with Crippen molar-refractivity contribution in [2.45, 2.75) is 96.3 Å². The van der Waals surface area contributed by atoms with Crippen LogP contribution in [0.5, 0.6) is 0 Å². The molecule has 0 heterocycles. The zero-order chi connectivity index (χ0) is 12.9. The van der Waals surface area contributed by atoms with Crippen LogP contribution in [0.1, 0.15) is 96.3 Å². The second kappa shape index (κ2) is 6.86. The molecule has 0 aromatic carbocycles. The molecule has 0 radical (unpaired) electrons. The van der Waals surface area contributed by atoms with Crippen molar-refractivity contribution in [3.05, 3.63) is 17.8 Å². The molecule has 3 fully saturated rings. The topological polar surface area (TPSA) is 0 Å². The molecule has 3 aliphatic carbocycles. The normalized spacial score (nSPS) is 26.1. The first-order valence-corrected chi connectivity index (χ1v) is 8.99. The maximum Gasteiger partial charge on any atom is 0.353 e. The fourth-order valence-electron chi connectivity index (χ4n) is 4.75. The van der Waals surface area contributed by atoms with E-state index in [2.05, 4.69) is 0 Å². The second-order valence-electron chi connectivity index (χ2n) is 7.09. The standard InChI is InChI=1S/C19H31/c1-4-10-16(11-5-1)19(17-12-6-2-7-13-17)18-14-8-3-9-15-18/h19H,1-15H2/q+3. The Balaban J connectivity index is 1.68. The van der Waals surface area contributed by atoms with Gasteiger partial charge in [-0.15, -0.1) is 0 Å². The maximum absolute atomic E-state index is 1.96. The summed E-state index contributed by atoms with van der Waals surface area (Å²) in [5.74, 6) is 6.76. The minimum absolute atomic E-state index is 0.890. The van der Waals surface area contributed by atoms with Crippen LogP contribution in [0, 0.1) is 23.7 Å². The molecule has 104 valence electrons. The zero-order valence-corrected chi connectivity index (χ0v) is 12.7. The van der Waals surface area contributed by atoms with Crippen LogP contribution in [0.15, 0.2) is 0 Å². The third kappa shape index (κ3) is 3.38. The van der Waals surface area contributed by atoms with Crippen LogP contribution in [0.25, 0.3) is 0 Å². The fraction of sp³-hybridized carbons (Fsp3) is 0.842. The van der Waals surface area contributed by atoms with E-state index in [1.54, 1.807) is 0 Å². The van der Waals surface area contributed by atoms with Crippen molar-refractivity contribution in [2.24, 2.45) is 5.92 Å². The molecule has 0 aromatic heterocycles. The van der Waals surface area contributed by atoms with Gasteiger partial charge in [0.25, 0.3) is 0 Å². The summed E-state index contributed by atoms with van der Waals surface area (Å²) < 4.78 is 0. The van der Waals surface area contributed by atoms with Gasteiger partial charge in [0.05, 0.1) is 0 Å². The average Bonchev–Trinajstić information content (AvgIpc) is 2.51. The van der Waals surface area contributed by atoms with E-state index < -0.39 is 0 Å². The molecule has 0 N–H and O–H groups in total. The minimum atomic E-state index is 0.890. The Morgan fingerprint density at radius 2 is 0.632 bits per heavy atom. The van der Waals surface area contributed by atoms with Gasteiger partial charge in [-0.2, -0.15) is 0 Å². The van der Waals surface area contributed by atoms with Gasteiger partial charge >= 0.3 is 5.92 Å². The summed E-state index contributed by atoms with van der Waals surface area (Å²) >= 11 is 0. The summed E-state index contributed by atoms with van der Waals surface area (Å²) in [4.78, 5) is 0. The Kier molecular flexibility index (Phi) is 4.91. The first-order chi connectivity index (χ1) is 9.45. The highest BCUT2D eigenvalue weighted by molar-refractivity contribution is 5.23. The van der Waals surface area contributed by atoms with Crippen LogP contribution in [-0.4, -0.2) is 0 Å². The van der Waals surface area contributed by atoms with Gasteiger partial charge in [-0.1, -0.05) is 0 Å². The third-order valence-corrected chi connectivity index (χ3v) is 5.71. The molecule has 3 rings (SSSR count). The molecule has 0 atom stereocenters. The van der Waals surface area contributed by atoms with Gasteiger partial charge in [-0.3, -0.25) is 0 Å². The lowest BCUT2D eigenvalue weighted by Crippen LogP contribution is -2.31. The van der Waals surface area contributed by atoms with Gasteiger partial charge in [0.1, 0.15) is 38.5 Å². The van der Waals surface area contributed by atoms with Crippen molar-refractivity contribution in [3.8, 4) is 0 Å². The predicted molar refractivity (Wildman–Crippen MR) is 82.5 cm³/mol. The van der Waals surface area contributed by atoms with Gasteiger partial charge in [0.2, 0.25) is 0 Å². The number of hydrogen-bond donors (Lipinski definition) is 0. The largest absolute Gasteiger partial charge is 0.353 e. The van der Waals surface area contributed by atoms with Crippen LogP contribution in [0.2, 0.25) is 0 Å². The molecule has 0 aromatic rings. The summed E-state index contributed by atoms with van der Waals surface area (Å²) in [5.41, 5.74) is 0. The third-order valence-electron chi connectivity index (χ3n) is 5.71. The maximum atomic E-state index is 1.96. The average molecular weight is 259 g/mol. The lowest BCUT2D eigenvalue weighted by molar-refractivity contribution is 0.340. The van der Waals surface area contributed by atoms with Gasteiger partial charge in [-0.25, -0.2) is 0 Å². The highest BCUT2D eigenvalue weighted by Crippen LogP contribution is 2.50. The van der Waals surface area contributed by atoms with Gasteiger partial charge in [-0.05, 0) is 57.8 Å². The molecular weight excluding hydrogens is 228 g/mol. The molecule has 0 saturated heterocycles. The minimum Gasteiger partial charge on any atom is -0.0452 e. The van der Waals surface area contributed by atoms with Crippen molar-refractivity contribution < 1.29 is 0 Å². The van der Waals surface area contributed by atoms with Crippen molar-refractivity contribution >= 4 is 0 Å². The fourth-order valence-corrected chi connectivity index (χ4v) is 4.75. The first kappa shape index (κ1) is 13.6. The van der Waals surface area contributed by atoms with Crippen LogP contribution >= 0.6 is 0 Å². The highest BCUT2D eigenvalue weighted by Gasteiger charge is 2.59. The van der Waals surface area contributed by atoms with E-state index in [-0.39, 0.29) is 0 Å². The lowest BCUT2D eigenvalue weighted by Gasteiger charge is -2.24. The van der Waals surface area contributed by atoms with Crippen molar-refractivity contribution in [1.29, 1.82) is 0 Å². The van der Waals surface area contributed by atoms with Gasteiger partial charge in [0, 0.05) is 0 Å². The van der Waals surface area contributed by atoms with Crippen molar-refractivity contribution in [1.82, 2.24) is 0 Å². The molecule has 19 heavy (non-hydrogen) atoms. The Bertz CT molecular complexity index is 196. The summed E-state index contributed by atoms with van der Waals surface area (Å²) in [6.45, 7) is 0. The Labute approximate surface area is 120 Å². The van der Waals surface area contributed by atoms with Crippen LogP contribution in [0.3, 0.4) is 0 Å². The summed E-state index contributed by atoms with van der Waals surface area (Å²) in [6, 6.07) is 0. The highest BCUT2D eigenvalue weighted by atomic mass is 14.4. The molecule has 0 amide bonds. The summed E-state index contributed by atoms with van der Waals surface area (Å²) in [7, 11) is 0. The van der Waals surface area contributed by atoms with E-state index in [0.717, 1.165) is 5.92 Å². The lowest BCUT2D eigenvalue weighted by atomic mass is 9.62. The molecule has 0 bridgehead atoms. The van der Waals surface area contributed by atoms with Crippen molar-refractivity contribution in [3.63, 3.8) is 0 Å². The van der Waals surface area contributed by atoms with Crippen molar-refractivity contribution in [2.75, 3.05) is 0 Å². The van der Waals surface area contributed by atoms with E-state index in [0.29, 0.717) is 0 Å². The van der Waals surface area contributed by atoms with Crippen LogP contribution < -0.4 is 0 Å². The quantitative estimate of drug-likeness (QED) is 0.528. The molecule has 0 heteroatoms. The Morgan fingerprint density at radius 3 is 0.895 bits per heavy atom. The number of rotatable bonds is 3. The predicted octanol–water partition coefficient (Wildman–Crippen LogP) is 6.22. The van der Waals surface area contributed by atoms with Gasteiger partial charge in [0.15, 0.2) is 17.8 Å². The van der Waals surface area contributed by atoms with Crippen LogP contribution in [-0.2, 0) is 0 Å². The molecule has 3 aliphatic rings. The Hall–Kier alpha value is -0.390. The molecular formula is C19H31+3. The smallest absolute Gasteiger partial charge is 0.0452 e. The molecule has 0 unspecified atom stereocenters. The molecule has 3 saturated carbocycles. The monoisotopic (exact) mass is 259 g/mol. The van der Waals surface area contributed by atoms with E-state index in [1.807, 2.05) is 17.8 Å². The van der Waals surface area contributed by atoms with E-state index in [4.69, 9.17) is 0 Å². The SMILES string of the molecule is C1CC[C+](C([C+]2CCCCC2)[C+]2CCCCC2)CC1. The first-order valence-electron chi connectivity index (χ1n) is 8.99. The van der Waals surface area contributed by atoms with E-state index >= 15 is 0 Å². The zero-order valence-electron chi connectivity index (χ0n) is 12.7. The Morgan fingerprint density at radius 1 is 0.368 bits per heavy atom. The van der Waals surface area contributed by atoms with E-state index in [9.17, 15) is 0 Å². The van der Waals surface area contributed by atoms with Crippen LogP contribution in [0.4, 0.5) is 0 Å². The van der Waals surface area contributed by atoms with E-state index in [1.165, 1.54) is 96.3 Å². The summed E-state index contributed by atoms with van der Waals surface area (Å²) in [6.07, 6.45) is 22.1.